The molecule has 1 aliphatic rings. The number of benzene rings is 1. The summed E-state index contributed by atoms with van der Waals surface area (Å²) in [5, 5.41) is 5.99. The molecule has 22 heavy (non-hydrogen) atoms. The number of halogens is 4. The zero-order valence-corrected chi connectivity index (χ0v) is 12.9. The van der Waals surface area contributed by atoms with E-state index in [2.05, 4.69) is 10.6 Å². The lowest BCUT2D eigenvalue weighted by molar-refractivity contribution is -0.138. The van der Waals surface area contributed by atoms with Gasteiger partial charge in [-0.2, -0.15) is 13.2 Å². The van der Waals surface area contributed by atoms with E-state index in [9.17, 15) is 18.0 Å². The fourth-order valence-electron chi connectivity index (χ4n) is 2.52. The first-order valence-electron chi connectivity index (χ1n) is 7.12. The van der Waals surface area contributed by atoms with E-state index in [-0.39, 0.29) is 36.3 Å². The van der Waals surface area contributed by atoms with Crippen molar-refractivity contribution in [2.75, 3.05) is 13.1 Å². The molecule has 7 heteroatoms. The second-order valence-corrected chi connectivity index (χ2v) is 5.28. The maximum absolute atomic E-state index is 12.8. The minimum Gasteiger partial charge on any atom is -0.354 e. The number of alkyl halides is 3. The van der Waals surface area contributed by atoms with Crippen molar-refractivity contribution in [1.29, 1.82) is 0 Å². The van der Waals surface area contributed by atoms with Gasteiger partial charge in [-0.3, -0.25) is 4.79 Å². The number of rotatable bonds is 4. The first-order valence-corrected chi connectivity index (χ1v) is 7.12. The topological polar surface area (TPSA) is 41.1 Å². The van der Waals surface area contributed by atoms with E-state index in [1.807, 2.05) is 0 Å². The Kier molecular flexibility index (Phi) is 7.16. The molecule has 0 spiro atoms. The van der Waals surface area contributed by atoms with E-state index in [0.717, 1.165) is 31.9 Å². The van der Waals surface area contributed by atoms with Crippen molar-refractivity contribution in [3.8, 4) is 0 Å². The smallest absolute Gasteiger partial charge is 0.354 e. The highest BCUT2D eigenvalue weighted by Gasteiger charge is 2.33. The maximum atomic E-state index is 12.8. The minimum atomic E-state index is -4.43. The molecule has 1 aliphatic heterocycles. The summed E-state index contributed by atoms with van der Waals surface area (Å²) in [5.41, 5.74) is -0.727. The third-order valence-electron chi connectivity index (χ3n) is 3.63. The van der Waals surface area contributed by atoms with Crippen LogP contribution >= 0.6 is 12.4 Å². The molecule has 1 aromatic carbocycles. The van der Waals surface area contributed by atoms with Crippen molar-refractivity contribution in [2.45, 2.75) is 37.9 Å². The van der Waals surface area contributed by atoms with Gasteiger partial charge >= 0.3 is 6.18 Å². The Morgan fingerprint density at radius 1 is 1.27 bits per heavy atom. The highest BCUT2D eigenvalue weighted by atomic mass is 35.5. The number of hydrogen-bond acceptors (Lipinski definition) is 2. The van der Waals surface area contributed by atoms with Crippen LogP contribution in [0.2, 0.25) is 0 Å². The van der Waals surface area contributed by atoms with Gasteiger partial charge in [-0.1, -0.05) is 24.6 Å². The lowest BCUT2D eigenvalue weighted by atomic mass is 10.0. The highest BCUT2D eigenvalue weighted by Crippen LogP contribution is 2.31. The number of piperidine rings is 1. The molecule has 2 rings (SSSR count). The Hall–Kier alpha value is -1.27. The van der Waals surface area contributed by atoms with Crippen LogP contribution in [-0.4, -0.2) is 25.0 Å². The van der Waals surface area contributed by atoms with Gasteiger partial charge in [-0.15, -0.1) is 12.4 Å². The molecule has 124 valence electrons. The summed E-state index contributed by atoms with van der Waals surface area (Å²) >= 11 is 0. The average molecular weight is 337 g/mol. The molecule has 0 aliphatic carbocycles. The van der Waals surface area contributed by atoms with E-state index < -0.39 is 11.7 Å². The van der Waals surface area contributed by atoms with Crippen LogP contribution in [0.1, 0.15) is 30.4 Å². The monoisotopic (exact) mass is 336 g/mol. The first kappa shape index (κ1) is 18.8. The van der Waals surface area contributed by atoms with Gasteiger partial charge in [0, 0.05) is 12.6 Å². The Balaban J connectivity index is 0.00000242. The molecule has 1 fully saturated rings. The second-order valence-electron chi connectivity index (χ2n) is 5.28. The molecule has 1 amide bonds. The molecule has 0 saturated carbocycles. The van der Waals surface area contributed by atoms with Gasteiger partial charge in [-0.05, 0) is 31.0 Å². The summed E-state index contributed by atoms with van der Waals surface area (Å²) in [4.78, 5) is 11.8. The zero-order chi connectivity index (χ0) is 15.3. The van der Waals surface area contributed by atoms with Crippen LogP contribution in [0.25, 0.3) is 0 Å². The quantitative estimate of drug-likeness (QED) is 0.887. The summed E-state index contributed by atoms with van der Waals surface area (Å²) in [5.74, 6) is -0.376. The van der Waals surface area contributed by atoms with Crippen LogP contribution in [0.5, 0.6) is 0 Å². The van der Waals surface area contributed by atoms with Gasteiger partial charge in [0.15, 0.2) is 0 Å². The number of hydrogen-bond donors (Lipinski definition) is 2. The third-order valence-corrected chi connectivity index (χ3v) is 3.63. The lowest BCUT2D eigenvalue weighted by Crippen LogP contribution is -2.43. The molecular weight excluding hydrogens is 317 g/mol. The van der Waals surface area contributed by atoms with Crippen LogP contribution in [0, 0.1) is 0 Å². The zero-order valence-electron chi connectivity index (χ0n) is 12.1. The molecule has 0 bridgehead atoms. The largest absolute Gasteiger partial charge is 0.416 e. The molecule has 1 aromatic rings. The fourth-order valence-corrected chi connectivity index (χ4v) is 2.52. The molecule has 0 radical (unpaired) electrons. The molecule has 3 nitrogen and oxygen atoms in total. The predicted molar refractivity (Wildman–Crippen MR) is 81.0 cm³/mol. The summed E-state index contributed by atoms with van der Waals surface area (Å²) in [7, 11) is 0. The molecule has 1 heterocycles. The Bertz CT molecular complexity index is 488. The molecule has 0 aromatic heterocycles. The second kappa shape index (κ2) is 8.39. The third kappa shape index (κ3) is 5.50. The number of carbonyl (C=O) groups excluding carboxylic acids is 1. The van der Waals surface area contributed by atoms with Crippen molar-refractivity contribution < 1.29 is 18.0 Å². The van der Waals surface area contributed by atoms with Crippen LogP contribution in [-0.2, 0) is 17.4 Å². The van der Waals surface area contributed by atoms with Crippen LogP contribution in [0.3, 0.4) is 0 Å². The van der Waals surface area contributed by atoms with Gasteiger partial charge in [0.1, 0.15) is 0 Å². The Morgan fingerprint density at radius 3 is 2.64 bits per heavy atom. The van der Waals surface area contributed by atoms with Crippen molar-refractivity contribution in [2.24, 2.45) is 0 Å². The maximum Gasteiger partial charge on any atom is 0.416 e. The summed E-state index contributed by atoms with van der Waals surface area (Å²) in [6.07, 6.45) is -1.45. The van der Waals surface area contributed by atoms with Crippen LogP contribution < -0.4 is 10.6 Å². The molecular formula is C15H20ClF3N2O. The van der Waals surface area contributed by atoms with Gasteiger partial charge in [0.05, 0.1) is 12.0 Å². The normalized spacial score (nSPS) is 18.4. The number of amides is 1. The average Bonchev–Trinajstić information content (AvgIpc) is 2.46. The van der Waals surface area contributed by atoms with Crippen molar-refractivity contribution in [1.82, 2.24) is 10.6 Å². The van der Waals surface area contributed by atoms with Crippen LogP contribution in [0.15, 0.2) is 24.3 Å². The van der Waals surface area contributed by atoms with Gasteiger partial charge in [0.2, 0.25) is 5.91 Å². The van der Waals surface area contributed by atoms with Crippen LogP contribution in [0.4, 0.5) is 13.2 Å². The van der Waals surface area contributed by atoms with E-state index in [1.165, 1.54) is 18.2 Å². The van der Waals surface area contributed by atoms with Gasteiger partial charge in [-0.25, -0.2) is 0 Å². The van der Waals surface area contributed by atoms with Crippen molar-refractivity contribution in [3.63, 3.8) is 0 Å². The van der Waals surface area contributed by atoms with E-state index >= 15 is 0 Å². The summed E-state index contributed by atoms with van der Waals surface area (Å²) in [6, 6.07) is 5.42. The Labute approximate surface area is 134 Å². The van der Waals surface area contributed by atoms with Gasteiger partial charge in [0.25, 0.3) is 0 Å². The molecule has 1 unspecified atom stereocenters. The fraction of sp³-hybridized carbons (Fsp3) is 0.533. The lowest BCUT2D eigenvalue weighted by Gasteiger charge is -2.23. The van der Waals surface area contributed by atoms with E-state index in [4.69, 9.17) is 0 Å². The SMILES string of the molecule is Cl.O=C(Cc1ccccc1C(F)(F)F)NCC1CCCCN1. The molecule has 2 N–H and O–H groups in total. The van der Waals surface area contributed by atoms with E-state index in [1.54, 1.807) is 0 Å². The van der Waals surface area contributed by atoms with E-state index in [0.29, 0.717) is 6.54 Å². The highest BCUT2D eigenvalue weighted by molar-refractivity contribution is 5.85. The minimum absolute atomic E-state index is 0. The summed E-state index contributed by atoms with van der Waals surface area (Å²) in [6.45, 7) is 1.39. The number of carbonyl (C=O) groups is 1. The predicted octanol–water partition coefficient (Wildman–Crippen LogP) is 2.93. The number of nitrogens with one attached hydrogen (secondary N) is 2. The molecule has 1 saturated heterocycles. The standard InChI is InChI=1S/C15H19F3N2O.ClH/c16-15(17,18)13-7-2-1-5-11(13)9-14(21)20-10-12-6-3-4-8-19-12;/h1-2,5,7,12,19H,3-4,6,8-10H2,(H,20,21);1H. The summed E-state index contributed by atoms with van der Waals surface area (Å²) < 4.78 is 38.5. The van der Waals surface area contributed by atoms with Crippen molar-refractivity contribution >= 4 is 18.3 Å². The van der Waals surface area contributed by atoms with Gasteiger partial charge < -0.3 is 10.6 Å². The molecule has 1 atom stereocenters. The first-order chi connectivity index (χ1) is 9.97. The Morgan fingerprint density at radius 2 is 2.00 bits per heavy atom. The van der Waals surface area contributed by atoms with Crippen molar-refractivity contribution in [3.05, 3.63) is 35.4 Å².